The number of carbonyl (C=O) groups excluding carboxylic acids is 2. The molecular formula is C33H45N4O6-. The van der Waals surface area contributed by atoms with Crippen LogP contribution in [0.2, 0.25) is 0 Å². The number of nitrogens with one attached hydrogen (secondary N) is 2. The highest BCUT2D eigenvalue weighted by Crippen LogP contribution is 2.23. The molecule has 0 aliphatic heterocycles. The van der Waals surface area contributed by atoms with E-state index in [1.54, 1.807) is 47.7 Å². The summed E-state index contributed by atoms with van der Waals surface area (Å²) in [5.74, 6) is 0. The smallest absolute Gasteiger partial charge is 0.407 e. The van der Waals surface area contributed by atoms with Crippen LogP contribution in [0.25, 0.3) is 10.9 Å². The second-order valence-electron chi connectivity index (χ2n) is 12.8. The number of carbonyl (C=O) groups is 2. The van der Waals surface area contributed by atoms with Gasteiger partial charge >= 0.3 is 6.09 Å². The Morgan fingerprint density at radius 3 is 2.16 bits per heavy atom. The van der Waals surface area contributed by atoms with Crippen LogP contribution in [0.3, 0.4) is 0 Å². The van der Waals surface area contributed by atoms with Gasteiger partial charge in [0.05, 0.1) is 29.8 Å². The van der Waals surface area contributed by atoms with Gasteiger partial charge < -0.3 is 40.4 Å². The molecule has 0 aliphatic carbocycles. The van der Waals surface area contributed by atoms with Crippen molar-refractivity contribution < 1.29 is 29.6 Å². The van der Waals surface area contributed by atoms with Gasteiger partial charge in [-0.15, -0.1) is 0 Å². The molecule has 3 aromatic rings. The summed E-state index contributed by atoms with van der Waals surface area (Å²) in [5.41, 5.74) is 0.940. The van der Waals surface area contributed by atoms with E-state index in [4.69, 9.17) is 4.74 Å². The number of aliphatic hydroxyl groups excluding tert-OH is 2. The lowest BCUT2D eigenvalue weighted by molar-refractivity contribution is -0.275. The largest absolute Gasteiger partial charge is 0.530 e. The number of nitrogens with zero attached hydrogens (tertiary/aromatic N) is 2. The molecule has 4 N–H and O–H groups in total. The molecule has 0 saturated heterocycles. The topological polar surface area (TPSA) is 147 Å². The summed E-state index contributed by atoms with van der Waals surface area (Å²) in [7, 11) is 0. The van der Waals surface area contributed by atoms with Crippen molar-refractivity contribution in [3.63, 3.8) is 0 Å². The molecule has 1 aromatic heterocycles. The highest BCUT2D eigenvalue weighted by atomic mass is 16.6. The zero-order valence-corrected chi connectivity index (χ0v) is 25.9. The van der Waals surface area contributed by atoms with Crippen LogP contribution in [0.4, 0.5) is 9.59 Å². The van der Waals surface area contributed by atoms with E-state index >= 15 is 0 Å². The van der Waals surface area contributed by atoms with Crippen molar-refractivity contribution in [1.29, 1.82) is 0 Å². The summed E-state index contributed by atoms with van der Waals surface area (Å²) in [6.07, 6.45) is -1.99. The number of benzene rings is 2. The predicted molar refractivity (Wildman–Crippen MR) is 164 cm³/mol. The van der Waals surface area contributed by atoms with Crippen LogP contribution in [0.5, 0.6) is 0 Å². The SMILES string of the molecule is CC(C)(C)OC(=O)N[C@@H](Cc1ccccc1)[C@H](O)CNC[C@H](O)[C@H](Cc1cnc2ccccc2c1)N(C(=O)[O-])C(C)(C)C. The average molecular weight is 594 g/mol. The zero-order chi connectivity index (χ0) is 31.8. The van der Waals surface area contributed by atoms with Gasteiger partial charge in [-0.1, -0.05) is 48.5 Å². The third-order valence-electron chi connectivity index (χ3n) is 6.96. The molecule has 43 heavy (non-hydrogen) atoms. The van der Waals surface area contributed by atoms with Crippen LogP contribution in [0.15, 0.2) is 66.9 Å². The Bertz CT molecular complexity index is 1340. The molecule has 10 heteroatoms. The number of carboxylic acid groups (broad SMARTS) is 1. The van der Waals surface area contributed by atoms with E-state index in [1.807, 2.05) is 60.7 Å². The molecular weight excluding hydrogens is 548 g/mol. The number of alkyl carbamates (subject to hydrolysis) is 1. The van der Waals surface area contributed by atoms with Gasteiger partial charge in [0.2, 0.25) is 0 Å². The first kappa shape index (κ1) is 33.8. The van der Waals surface area contributed by atoms with Gasteiger partial charge in [-0.25, -0.2) is 4.79 Å². The summed E-state index contributed by atoms with van der Waals surface area (Å²) in [4.78, 5) is 30.5. The fraction of sp³-hybridized carbons (Fsp3) is 0.485. The lowest BCUT2D eigenvalue weighted by Gasteiger charge is -2.45. The Hall–Kier alpha value is -3.73. The van der Waals surface area contributed by atoms with Gasteiger partial charge in [-0.2, -0.15) is 0 Å². The number of amides is 2. The number of rotatable bonds is 12. The number of aliphatic hydroxyl groups is 2. The average Bonchev–Trinajstić information content (AvgIpc) is 2.90. The van der Waals surface area contributed by atoms with Gasteiger partial charge in [0.1, 0.15) is 11.7 Å². The van der Waals surface area contributed by atoms with Crippen molar-refractivity contribution in [1.82, 2.24) is 20.5 Å². The lowest BCUT2D eigenvalue weighted by atomic mass is 9.94. The van der Waals surface area contributed by atoms with Crippen molar-refractivity contribution in [2.75, 3.05) is 13.1 Å². The van der Waals surface area contributed by atoms with Crippen molar-refractivity contribution >= 4 is 23.1 Å². The molecule has 0 radical (unpaired) electrons. The standard InChI is InChI=1S/C33H46N4O6/c1-32(2,3)37(31(41)42)27(18-23-16-24-14-10-11-15-25(24)35-19-23)29(39)21-34-20-28(38)26(17-22-12-8-7-9-13-22)36-30(40)43-33(4,5)6/h7-16,19,26-29,34,38-39H,17-18,20-21H2,1-6H3,(H,36,40)(H,41,42)/p-1/t26-,27-,28+,29-/m0/s1. The van der Waals surface area contributed by atoms with Crippen LogP contribution >= 0.6 is 0 Å². The number of pyridine rings is 1. The van der Waals surface area contributed by atoms with E-state index < -0.39 is 47.6 Å². The molecule has 2 amide bonds. The van der Waals surface area contributed by atoms with Gasteiger partial charge in [-0.05, 0) is 77.6 Å². The molecule has 0 spiro atoms. The Kier molecular flexibility index (Phi) is 11.5. The van der Waals surface area contributed by atoms with Gasteiger partial charge in [0, 0.05) is 30.2 Å². The fourth-order valence-electron chi connectivity index (χ4n) is 5.04. The normalized spacial score (nSPS) is 14.9. The summed E-state index contributed by atoms with van der Waals surface area (Å²) < 4.78 is 5.40. The van der Waals surface area contributed by atoms with E-state index in [1.165, 1.54) is 0 Å². The van der Waals surface area contributed by atoms with Gasteiger partial charge in [0.25, 0.3) is 0 Å². The quantitative estimate of drug-likeness (QED) is 0.251. The molecule has 10 nitrogen and oxygen atoms in total. The molecule has 234 valence electrons. The van der Waals surface area contributed by atoms with E-state index in [0.29, 0.717) is 6.42 Å². The third-order valence-corrected chi connectivity index (χ3v) is 6.96. The highest BCUT2D eigenvalue weighted by Gasteiger charge is 2.34. The molecule has 1 heterocycles. The molecule has 0 unspecified atom stereocenters. The van der Waals surface area contributed by atoms with Crippen LogP contribution < -0.4 is 15.7 Å². The first-order valence-electron chi connectivity index (χ1n) is 14.6. The van der Waals surface area contributed by atoms with Crippen LogP contribution in [0.1, 0.15) is 52.7 Å². The maximum atomic E-state index is 12.5. The summed E-state index contributed by atoms with van der Waals surface area (Å²) in [6, 6.07) is 17.5. The van der Waals surface area contributed by atoms with Crippen LogP contribution in [-0.2, 0) is 17.6 Å². The second-order valence-corrected chi connectivity index (χ2v) is 12.8. The minimum absolute atomic E-state index is 0.0207. The maximum Gasteiger partial charge on any atom is 0.407 e. The Balaban J connectivity index is 1.74. The van der Waals surface area contributed by atoms with Crippen molar-refractivity contribution in [3.05, 3.63) is 78.0 Å². The number of fused-ring (bicyclic) bond motifs is 1. The van der Waals surface area contributed by atoms with Gasteiger partial charge in [-0.3, -0.25) is 4.98 Å². The number of ether oxygens (including phenoxy) is 1. The van der Waals surface area contributed by atoms with E-state index in [-0.39, 0.29) is 19.5 Å². The minimum Gasteiger partial charge on any atom is -0.530 e. The first-order chi connectivity index (χ1) is 20.1. The van der Waals surface area contributed by atoms with E-state index in [9.17, 15) is 24.9 Å². The molecule has 0 aliphatic rings. The Morgan fingerprint density at radius 2 is 1.53 bits per heavy atom. The van der Waals surface area contributed by atoms with Gasteiger partial charge in [0.15, 0.2) is 0 Å². The molecule has 2 aromatic carbocycles. The number of hydrogen-bond acceptors (Lipinski definition) is 8. The highest BCUT2D eigenvalue weighted by molar-refractivity contribution is 5.78. The van der Waals surface area contributed by atoms with Crippen LogP contribution in [-0.4, -0.2) is 80.8 Å². The lowest BCUT2D eigenvalue weighted by Crippen LogP contribution is -2.62. The monoisotopic (exact) mass is 593 g/mol. The number of hydrogen-bond donors (Lipinski definition) is 4. The van der Waals surface area contributed by atoms with Crippen molar-refractivity contribution in [3.8, 4) is 0 Å². The van der Waals surface area contributed by atoms with Crippen molar-refractivity contribution in [2.24, 2.45) is 0 Å². The summed E-state index contributed by atoms with van der Waals surface area (Å²) in [6.45, 7) is 10.5. The van der Waals surface area contributed by atoms with Crippen LogP contribution in [0, 0.1) is 0 Å². The minimum atomic E-state index is -1.39. The molecule has 0 saturated carbocycles. The second kappa shape index (κ2) is 14.6. The number of para-hydroxylation sites is 1. The maximum absolute atomic E-state index is 12.5. The van der Waals surface area contributed by atoms with Crippen molar-refractivity contribution in [2.45, 2.75) is 89.8 Å². The number of aromatic nitrogens is 1. The fourth-order valence-corrected chi connectivity index (χ4v) is 5.04. The molecule has 0 bridgehead atoms. The summed E-state index contributed by atoms with van der Waals surface area (Å²) >= 11 is 0. The summed E-state index contributed by atoms with van der Waals surface area (Å²) in [5, 5.41) is 41.5. The Labute approximate surface area is 254 Å². The Morgan fingerprint density at radius 1 is 0.907 bits per heavy atom. The van der Waals surface area contributed by atoms with E-state index in [2.05, 4.69) is 15.6 Å². The first-order valence-corrected chi connectivity index (χ1v) is 14.6. The zero-order valence-electron chi connectivity index (χ0n) is 25.9. The molecule has 4 atom stereocenters. The molecule has 3 rings (SSSR count). The molecule has 0 fully saturated rings. The predicted octanol–water partition coefficient (Wildman–Crippen LogP) is 3.04. The van der Waals surface area contributed by atoms with E-state index in [0.717, 1.165) is 26.9 Å². The third kappa shape index (κ3) is 10.5.